The van der Waals surface area contributed by atoms with Crippen molar-refractivity contribution in [1.82, 2.24) is 10.3 Å². The van der Waals surface area contributed by atoms with Crippen LogP contribution in [0.25, 0.3) is 0 Å². The van der Waals surface area contributed by atoms with E-state index in [1.54, 1.807) is 18.5 Å². The molecule has 0 aromatic carbocycles. The van der Waals surface area contributed by atoms with E-state index in [0.717, 1.165) is 26.1 Å². The maximum absolute atomic E-state index is 12.0. The van der Waals surface area contributed by atoms with E-state index in [-0.39, 0.29) is 12.5 Å². The molecule has 1 atom stereocenters. The van der Waals surface area contributed by atoms with Crippen LogP contribution in [0.4, 0.5) is 0 Å². The molecular formula is C15H19N3O2. The molecule has 2 rings (SSSR count). The molecule has 1 amide bonds. The number of hydrogen-bond donors (Lipinski definition) is 2. The summed E-state index contributed by atoms with van der Waals surface area (Å²) >= 11 is 0. The van der Waals surface area contributed by atoms with Crippen molar-refractivity contribution in [3.63, 3.8) is 0 Å². The highest BCUT2D eigenvalue weighted by molar-refractivity contribution is 5.94. The molecule has 2 heterocycles. The summed E-state index contributed by atoms with van der Waals surface area (Å²) in [5, 5.41) is 2.92. The van der Waals surface area contributed by atoms with Gasteiger partial charge in [-0.3, -0.25) is 9.78 Å². The van der Waals surface area contributed by atoms with Gasteiger partial charge in [-0.15, -0.1) is 0 Å². The molecule has 3 N–H and O–H groups in total. The predicted octanol–water partition coefficient (Wildman–Crippen LogP) is 0.548. The zero-order chi connectivity index (χ0) is 14.2. The van der Waals surface area contributed by atoms with Crippen LogP contribution in [0.2, 0.25) is 0 Å². The Balaban J connectivity index is 1.91. The van der Waals surface area contributed by atoms with E-state index in [2.05, 4.69) is 22.1 Å². The molecule has 1 unspecified atom stereocenters. The third-order valence-electron chi connectivity index (χ3n) is 3.14. The van der Waals surface area contributed by atoms with E-state index in [1.165, 1.54) is 0 Å². The van der Waals surface area contributed by atoms with Crippen LogP contribution in [0.5, 0.6) is 0 Å². The van der Waals surface area contributed by atoms with E-state index < -0.39 is 0 Å². The lowest BCUT2D eigenvalue weighted by Gasteiger charge is -2.22. The molecule has 1 aromatic rings. The van der Waals surface area contributed by atoms with Gasteiger partial charge in [0.2, 0.25) is 0 Å². The van der Waals surface area contributed by atoms with Crippen molar-refractivity contribution in [2.45, 2.75) is 12.8 Å². The molecule has 1 aromatic heterocycles. The van der Waals surface area contributed by atoms with Crippen LogP contribution in [0.3, 0.4) is 0 Å². The van der Waals surface area contributed by atoms with Crippen molar-refractivity contribution in [1.29, 1.82) is 0 Å². The van der Waals surface area contributed by atoms with E-state index >= 15 is 0 Å². The second-order valence-electron chi connectivity index (χ2n) is 4.76. The Morgan fingerprint density at radius 3 is 3.20 bits per heavy atom. The van der Waals surface area contributed by atoms with Gasteiger partial charge in [0.15, 0.2) is 0 Å². The number of hydrogen-bond acceptors (Lipinski definition) is 4. The number of aromatic nitrogens is 1. The largest absolute Gasteiger partial charge is 0.381 e. The van der Waals surface area contributed by atoms with Gasteiger partial charge in [0, 0.05) is 31.1 Å². The number of carbonyl (C=O) groups is 1. The molecule has 1 fully saturated rings. The van der Waals surface area contributed by atoms with Crippen LogP contribution in [-0.4, -0.2) is 37.2 Å². The monoisotopic (exact) mass is 273 g/mol. The highest BCUT2D eigenvalue weighted by Crippen LogP contribution is 2.12. The van der Waals surface area contributed by atoms with Crippen molar-refractivity contribution < 1.29 is 9.53 Å². The Hall–Kier alpha value is -1.90. The number of carbonyl (C=O) groups excluding carboxylic acids is 1. The lowest BCUT2D eigenvalue weighted by Crippen LogP contribution is -2.33. The third kappa shape index (κ3) is 4.34. The molecule has 5 heteroatoms. The van der Waals surface area contributed by atoms with Crippen molar-refractivity contribution >= 4 is 5.91 Å². The molecule has 0 aliphatic carbocycles. The lowest BCUT2D eigenvalue weighted by atomic mass is 10.0. The van der Waals surface area contributed by atoms with Crippen molar-refractivity contribution in [2.24, 2.45) is 11.7 Å². The Morgan fingerprint density at radius 2 is 2.45 bits per heavy atom. The molecule has 20 heavy (non-hydrogen) atoms. The summed E-state index contributed by atoms with van der Waals surface area (Å²) in [6.45, 7) is 2.48. The molecule has 0 bridgehead atoms. The zero-order valence-electron chi connectivity index (χ0n) is 11.4. The van der Waals surface area contributed by atoms with Gasteiger partial charge in [-0.1, -0.05) is 11.8 Å². The summed E-state index contributed by atoms with van der Waals surface area (Å²) in [6.07, 6.45) is 5.32. The first-order valence-corrected chi connectivity index (χ1v) is 6.79. The SMILES string of the molecule is NCC#Cc1cncc(C(=O)NCC2CCCOC2)c1. The van der Waals surface area contributed by atoms with Gasteiger partial charge < -0.3 is 15.8 Å². The standard InChI is InChI=1S/C15H19N3O2/c16-5-1-3-12-7-14(10-17-8-12)15(19)18-9-13-4-2-6-20-11-13/h7-8,10,13H,2,4-6,9,11,16H2,(H,18,19). The maximum Gasteiger partial charge on any atom is 0.252 e. The number of amides is 1. The minimum Gasteiger partial charge on any atom is -0.381 e. The second kappa shape index (κ2) is 7.63. The first-order chi connectivity index (χ1) is 9.79. The van der Waals surface area contributed by atoms with Gasteiger partial charge in [0.05, 0.1) is 18.7 Å². The molecule has 0 saturated carbocycles. The summed E-state index contributed by atoms with van der Waals surface area (Å²) < 4.78 is 5.39. The quantitative estimate of drug-likeness (QED) is 0.788. The van der Waals surface area contributed by atoms with Gasteiger partial charge in [-0.2, -0.15) is 0 Å². The second-order valence-corrected chi connectivity index (χ2v) is 4.76. The van der Waals surface area contributed by atoms with Crippen LogP contribution in [-0.2, 0) is 4.74 Å². The summed E-state index contributed by atoms with van der Waals surface area (Å²) in [4.78, 5) is 16.1. The van der Waals surface area contributed by atoms with Crippen LogP contribution in [0, 0.1) is 17.8 Å². The molecule has 0 spiro atoms. The Kier molecular flexibility index (Phi) is 5.54. The molecule has 0 radical (unpaired) electrons. The van der Waals surface area contributed by atoms with Gasteiger partial charge in [-0.25, -0.2) is 0 Å². The predicted molar refractivity (Wildman–Crippen MR) is 76.0 cm³/mol. The zero-order valence-corrected chi connectivity index (χ0v) is 11.4. The Labute approximate surface area is 118 Å². The fourth-order valence-corrected chi connectivity index (χ4v) is 2.09. The van der Waals surface area contributed by atoms with Crippen LogP contribution in [0.1, 0.15) is 28.8 Å². The van der Waals surface area contributed by atoms with Gasteiger partial charge >= 0.3 is 0 Å². The fraction of sp³-hybridized carbons (Fsp3) is 0.467. The Bertz CT molecular complexity index is 513. The molecule has 5 nitrogen and oxygen atoms in total. The van der Waals surface area contributed by atoms with Crippen LogP contribution < -0.4 is 11.1 Å². The summed E-state index contributed by atoms with van der Waals surface area (Å²) in [5.74, 6) is 5.89. The highest BCUT2D eigenvalue weighted by atomic mass is 16.5. The van der Waals surface area contributed by atoms with E-state index in [9.17, 15) is 4.79 Å². The maximum atomic E-state index is 12.0. The number of rotatable bonds is 3. The molecular weight excluding hydrogens is 254 g/mol. The molecule has 1 saturated heterocycles. The third-order valence-corrected chi connectivity index (χ3v) is 3.14. The van der Waals surface area contributed by atoms with E-state index in [4.69, 9.17) is 10.5 Å². The van der Waals surface area contributed by atoms with Gasteiger partial charge in [-0.05, 0) is 24.8 Å². The minimum atomic E-state index is -0.125. The lowest BCUT2D eigenvalue weighted by molar-refractivity contribution is 0.0536. The normalized spacial score (nSPS) is 17.9. The number of nitrogens with zero attached hydrogens (tertiary/aromatic N) is 1. The Morgan fingerprint density at radius 1 is 1.55 bits per heavy atom. The molecule has 106 valence electrons. The highest BCUT2D eigenvalue weighted by Gasteiger charge is 2.15. The number of nitrogens with one attached hydrogen (secondary N) is 1. The topological polar surface area (TPSA) is 77.2 Å². The first-order valence-electron chi connectivity index (χ1n) is 6.79. The van der Waals surface area contributed by atoms with Crippen LogP contribution >= 0.6 is 0 Å². The number of pyridine rings is 1. The van der Waals surface area contributed by atoms with E-state index in [1.807, 2.05) is 0 Å². The van der Waals surface area contributed by atoms with E-state index in [0.29, 0.717) is 23.6 Å². The average Bonchev–Trinajstić information content (AvgIpc) is 2.52. The fourth-order valence-electron chi connectivity index (χ4n) is 2.09. The van der Waals surface area contributed by atoms with Crippen LogP contribution in [0.15, 0.2) is 18.5 Å². The smallest absolute Gasteiger partial charge is 0.252 e. The first kappa shape index (κ1) is 14.5. The minimum absolute atomic E-state index is 0.125. The summed E-state index contributed by atoms with van der Waals surface area (Å²) in [6, 6.07) is 1.72. The molecule has 1 aliphatic heterocycles. The van der Waals surface area contributed by atoms with Crippen molar-refractivity contribution in [3.8, 4) is 11.8 Å². The summed E-state index contributed by atoms with van der Waals surface area (Å²) in [7, 11) is 0. The number of ether oxygens (including phenoxy) is 1. The van der Waals surface area contributed by atoms with Crippen molar-refractivity contribution in [3.05, 3.63) is 29.6 Å². The van der Waals surface area contributed by atoms with Crippen molar-refractivity contribution in [2.75, 3.05) is 26.3 Å². The van der Waals surface area contributed by atoms with Gasteiger partial charge in [0.1, 0.15) is 0 Å². The molecule has 1 aliphatic rings. The summed E-state index contributed by atoms with van der Waals surface area (Å²) in [5.41, 5.74) is 6.54. The number of nitrogens with two attached hydrogens (primary N) is 1. The van der Waals surface area contributed by atoms with Gasteiger partial charge in [0.25, 0.3) is 5.91 Å². The average molecular weight is 273 g/mol.